The molecule has 6 nitrogen and oxygen atoms in total. The zero-order valence-electron chi connectivity index (χ0n) is 14.5. The van der Waals surface area contributed by atoms with Gasteiger partial charge in [0.25, 0.3) is 5.91 Å². The molecule has 1 N–H and O–H groups in total. The molecule has 2 aromatic rings. The van der Waals surface area contributed by atoms with Gasteiger partial charge in [0.15, 0.2) is 9.84 Å². The van der Waals surface area contributed by atoms with E-state index in [2.05, 4.69) is 5.32 Å². The third kappa shape index (κ3) is 5.52. The van der Waals surface area contributed by atoms with E-state index < -0.39 is 15.8 Å². The monoisotopic (exact) mass is 385 g/mol. The standard InChI is InChI=1S/C20H19NO5S/c22-19(12-16-10-11-27(24,25)14-16)26-13-15-6-8-17(9-7-15)20(23)21-18-4-2-1-3-5-18/h1-11,16H,12-14H2,(H,21,23). The number of allylic oxidation sites excluding steroid dienone is 1. The van der Waals surface area contributed by atoms with Crippen LogP contribution < -0.4 is 5.32 Å². The fourth-order valence-corrected chi connectivity index (χ4v) is 4.08. The molecule has 0 radical (unpaired) electrons. The van der Waals surface area contributed by atoms with Gasteiger partial charge >= 0.3 is 5.97 Å². The molecule has 3 rings (SSSR count). The number of sulfone groups is 1. The number of carbonyl (C=O) groups excluding carboxylic acids is 2. The SMILES string of the molecule is O=C(CC1C=CS(=O)(=O)C1)OCc1ccc(C(=O)Nc2ccccc2)cc1. The Morgan fingerprint density at radius 2 is 1.74 bits per heavy atom. The summed E-state index contributed by atoms with van der Waals surface area (Å²) in [5.74, 6) is -1.05. The van der Waals surface area contributed by atoms with Crippen molar-refractivity contribution in [1.29, 1.82) is 0 Å². The van der Waals surface area contributed by atoms with Crippen molar-refractivity contribution >= 4 is 27.4 Å². The van der Waals surface area contributed by atoms with Crippen LogP contribution in [0, 0.1) is 5.92 Å². The zero-order valence-corrected chi connectivity index (χ0v) is 15.3. The molecular formula is C20H19NO5S. The lowest BCUT2D eigenvalue weighted by atomic mass is 10.1. The largest absolute Gasteiger partial charge is 0.461 e. The Hall–Kier alpha value is -2.93. The predicted molar refractivity (Wildman–Crippen MR) is 102 cm³/mol. The van der Waals surface area contributed by atoms with Crippen LogP contribution in [0.5, 0.6) is 0 Å². The van der Waals surface area contributed by atoms with E-state index >= 15 is 0 Å². The summed E-state index contributed by atoms with van der Waals surface area (Å²) in [5, 5.41) is 3.94. The molecule has 1 aliphatic rings. The third-order valence-corrected chi connectivity index (χ3v) is 5.55. The molecule has 0 aromatic heterocycles. The molecule has 2 aromatic carbocycles. The second-order valence-corrected chi connectivity index (χ2v) is 8.23. The fourth-order valence-electron chi connectivity index (χ4n) is 2.68. The van der Waals surface area contributed by atoms with E-state index in [0.29, 0.717) is 11.3 Å². The van der Waals surface area contributed by atoms with Gasteiger partial charge in [0.2, 0.25) is 0 Å². The van der Waals surface area contributed by atoms with Crippen LogP contribution in [0.25, 0.3) is 0 Å². The average Bonchev–Trinajstić information content (AvgIpc) is 2.99. The molecule has 0 aliphatic carbocycles. The number of carbonyl (C=O) groups is 2. The summed E-state index contributed by atoms with van der Waals surface area (Å²) < 4.78 is 27.9. The topological polar surface area (TPSA) is 89.5 Å². The summed E-state index contributed by atoms with van der Waals surface area (Å²) in [6.45, 7) is 0.0720. The number of rotatable bonds is 6. The number of esters is 1. The highest BCUT2D eigenvalue weighted by atomic mass is 32.2. The summed E-state index contributed by atoms with van der Waals surface area (Å²) in [5.41, 5.74) is 1.95. The highest BCUT2D eigenvalue weighted by molar-refractivity contribution is 7.94. The molecule has 0 spiro atoms. The van der Waals surface area contributed by atoms with Crippen molar-refractivity contribution in [2.24, 2.45) is 5.92 Å². The average molecular weight is 385 g/mol. The lowest BCUT2D eigenvalue weighted by Crippen LogP contribution is -2.14. The maximum absolute atomic E-state index is 12.2. The van der Waals surface area contributed by atoms with Crippen molar-refractivity contribution < 1.29 is 22.7 Å². The maximum atomic E-state index is 12.2. The molecule has 0 saturated carbocycles. The Morgan fingerprint density at radius 3 is 2.37 bits per heavy atom. The molecule has 1 amide bonds. The van der Waals surface area contributed by atoms with Crippen molar-refractivity contribution in [3.05, 3.63) is 77.2 Å². The molecule has 27 heavy (non-hydrogen) atoms. The molecule has 0 saturated heterocycles. The first-order valence-corrected chi connectivity index (χ1v) is 10.1. The van der Waals surface area contributed by atoms with Gasteiger partial charge in [0, 0.05) is 22.6 Å². The van der Waals surface area contributed by atoms with E-state index in [1.165, 1.54) is 6.08 Å². The first-order valence-electron chi connectivity index (χ1n) is 8.43. The highest BCUT2D eigenvalue weighted by Gasteiger charge is 2.24. The van der Waals surface area contributed by atoms with E-state index in [1.807, 2.05) is 18.2 Å². The minimum atomic E-state index is -3.17. The van der Waals surface area contributed by atoms with E-state index in [9.17, 15) is 18.0 Å². The van der Waals surface area contributed by atoms with Gasteiger partial charge in [-0.2, -0.15) is 0 Å². The molecule has 140 valence electrons. The third-order valence-electron chi connectivity index (χ3n) is 4.08. The van der Waals surface area contributed by atoms with Gasteiger partial charge in [-0.3, -0.25) is 9.59 Å². The number of nitrogens with one attached hydrogen (secondary N) is 1. The maximum Gasteiger partial charge on any atom is 0.306 e. The molecule has 7 heteroatoms. The van der Waals surface area contributed by atoms with Crippen LogP contribution in [0.1, 0.15) is 22.3 Å². The summed E-state index contributed by atoms with van der Waals surface area (Å²) in [6, 6.07) is 15.9. The van der Waals surface area contributed by atoms with Crippen molar-refractivity contribution in [2.75, 3.05) is 11.1 Å². The van der Waals surface area contributed by atoms with Gasteiger partial charge in [-0.1, -0.05) is 36.4 Å². The van der Waals surface area contributed by atoms with Crippen LogP contribution in [0.3, 0.4) is 0 Å². The lowest BCUT2D eigenvalue weighted by molar-refractivity contribution is -0.145. The number of anilines is 1. The van der Waals surface area contributed by atoms with Gasteiger partial charge in [-0.15, -0.1) is 0 Å². The van der Waals surface area contributed by atoms with Gasteiger partial charge in [0.1, 0.15) is 6.61 Å². The van der Waals surface area contributed by atoms with E-state index in [0.717, 1.165) is 11.0 Å². The number of benzene rings is 2. The molecule has 0 fully saturated rings. The van der Waals surface area contributed by atoms with Crippen LogP contribution in [-0.4, -0.2) is 26.0 Å². The predicted octanol–water partition coefficient (Wildman–Crippen LogP) is 2.93. The van der Waals surface area contributed by atoms with Crippen LogP contribution >= 0.6 is 0 Å². The van der Waals surface area contributed by atoms with Gasteiger partial charge in [0.05, 0.1) is 12.2 Å². The van der Waals surface area contributed by atoms with Crippen LogP contribution in [0.2, 0.25) is 0 Å². The Morgan fingerprint density at radius 1 is 1.04 bits per heavy atom. The zero-order chi connectivity index (χ0) is 19.3. The normalized spacial score (nSPS) is 17.4. The first-order chi connectivity index (χ1) is 12.9. The number of ether oxygens (including phenoxy) is 1. The number of amides is 1. The van der Waals surface area contributed by atoms with E-state index in [1.54, 1.807) is 36.4 Å². The minimum absolute atomic E-state index is 0.0350. The summed E-state index contributed by atoms with van der Waals surface area (Å²) in [4.78, 5) is 24.0. The molecule has 1 unspecified atom stereocenters. The van der Waals surface area contributed by atoms with Gasteiger partial charge < -0.3 is 10.1 Å². The Labute approximate surface area is 157 Å². The molecule has 1 heterocycles. The Balaban J connectivity index is 1.48. The smallest absolute Gasteiger partial charge is 0.306 e. The summed E-state index contributed by atoms with van der Waals surface area (Å²) in [6.07, 6.45) is 1.56. The molecule has 1 atom stereocenters. The van der Waals surface area contributed by atoms with Crippen molar-refractivity contribution in [1.82, 2.24) is 0 Å². The number of hydrogen-bond acceptors (Lipinski definition) is 5. The van der Waals surface area contributed by atoms with Crippen molar-refractivity contribution in [2.45, 2.75) is 13.0 Å². The number of hydrogen-bond donors (Lipinski definition) is 1. The highest BCUT2D eigenvalue weighted by Crippen LogP contribution is 2.19. The Bertz CT molecular complexity index is 950. The van der Waals surface area contributed by atoms with E-state index in [-0.39, 0.29) is 30.6 Å². The van der Waals surface area contributed by atoms with Gasteiger partial charge in [-0.05, 0) is 29.8 Å². The second kappa shape index (κ2) is 8.18. The molecule has 1 aliphatic heterocycles. The fraction of sp³-hybridized carbons (Fsp3) is 0.200. The van der Waals surface area contributed by atoms with Crippen LogP contribution in [0.4, 0.5) is 5.69 Å². The first kappa shape index (κ1) is 18.8. The van der Waals surface area contributed by atoms with Crippen molar-refractivity contribution in [3.8, 4) is 0 Å². The van der Waals surface area contributed by atoms with Crippen LogP contribution in [-0.2, 0) is 26.0 Å². The summed E-state index contributed by atoms with van der Waals surface area (Å²) >= 11 is 0. The number of para-hydroxylation sites is 1. The molecule has 0 bridgehead atoms. The van der Waals surface area contributed by atoms with Gasteiger partial charge in [-0.25, -0.2) is 8.42 Å². The van der Waals surface area contributed by atoms with E-state index in [4.69, 9.17) is 4.74 Å². The minimum Gasteiger partial charge on any atom is -0.461 e. The molecular weight excluding hydrogens is 366 g/mol. The Kier molecular flexibility index (Phi) is 5.71. The van der Waals surface area contributed by atoms with Crippen LogP contribution in [0.15, 0.2) is 66.1 Å². The second-order valence-electron chi connectivity index (χ2n) is 6.30. The lowest BCUT2D eigenvalue weighted by Gasteiger charge is -2.09. The summed E-state index contributed by atoms with van der Waals surface area (Å²) in [7, 11) is -3.17. The quantitative estimate of drug-likeness (QED) is 0.772. The van der Waals surface area contributed by atoms with Crippen molar-refractivity contribution in [3.63, 3.8) is 0 Å².